The van der Waals surface area contributed by atoms with Crippen molar-refractivity contribution in [2.45, 2.75) is 116 Å². The lowest BCUT2D eigenvalue weighted by molar-refractivity contribution is -0.154. The van der Waals surface area contributed by atoms with Crippen molar-refractivity contribution >= 4 is 16.4 Å². The molecule has 0 spiro atoms. The average Bonchev–Trinajstić information content (AvgIpc) is 2.74. The van der Waals surface area contributed by atoms with Crippen molar-refractivity contribution in [1.82, 2.24) is 0 Å². The van der Waals surface area contributed by atoms with Crippen molar-refractivity contribution in [3.05, 3.63) is 12.2 Å². The second-order valence-corrected chi connectivity index (χ2v) is 9.21. The smallest absolute Gasteiger partial charge is 0.398 e. The third-order valence-corrected chi connectivity index (χ3v) is 5.57. The van der Waals surface area contributed by atoms with Gasteiger partial charge in [0.2, 0.25) is 0 Å². The van der Waals surface area contributed by atoms with Gasteiger partial charge in [0.15, 0.2) is 6.10 Å². The molecule has 1 N–H and O–H groups in total. The molecule has 0 aliphatic rings. The first-order valence-corrected chi connectivity index (χ1v) is 13.8. The van der Waals surface area contributed by atoms with Crippen LogP contribution in [0.5, 0.6) is 0 Å². The van der Waals surface area contributed by atoms with Gasteiger partial charge in [-0.25, -0.2) is 8.98 Å². The van der Waals surface area contributed by atoms with Crippen LogP contribution in [0.2, 0.25) is 0 Å². The van der Waals surface area contributed by atoms with Gasteiger partial charge in [-0.3, -0.25) is 4.55 Å². The van der Waals surface area contributed by atoms with Crippen LogP contribution in [0.25, 0.3) is 0 Å². The molecule has 0 aliphatic carbocycles. The molecule has 1 atom stereocenters. The molecule has 0 aromatic carbocycles. The third-order valence-electron chi connectivity index (χ3n) is 5.09. The molecule has 0 aliphatic heterocycles. The number of allylic oxidation sites excluding steroid dienone is 2. The first-order chi connectivity index (χ1) is 15.4. The molecule has 0 bridgehead atoms. The largest absolute Gasteiger partial charge is 0.461 e. The van der Waals surface area contributed by atoms with Crippen molar-refractivity contribution in [3.63, 3.8) is 0 Å². The molecule has 0 radical (unpaired) electrons. The van der Waals surface area contributed by atoms with Gasteiger partial charge in [-0.2, -0.15) is 8.42 Å². The lowest BCUT2D eigenvalue weighted by atomic mass is 10.1. The Morgan fingerprint density at radius 1 is 0.781 bits per heavy atom. The molecule has 0 amide bonds. The van der Waals surface area contributed by atoms with E-state index < -0.39 is 22.5 Å². The molecule has 190 valence electrons. The van der Waals surface area contributed by atoms with Crippen LogP contribution >= 0.6 is 0 Å². The second-order valence-electron chi connectivity index (χ2n) is 8.17. The molecule has 0 aromatic heterocycles. The Kier molecular flexibility index (Phi) is 21.2. The highest BCUT2D eigenvalue weighted by Crippen LogP contribution is 2.13. The summed E-state index contributed by atoms with van der Waals surface area (Å²) in [5, 5.41) is 0. The van der Waals surface area contributed by atoms with Gasteiger partial charge in [-0.15, -0.1) is 0 Å². The molecule has 0 rings (SSSR count). The van der Waals surface area contributed by atoms with Crippen molar-refractivity contribution in [1.29, 1.82) is 0 Å². The van der Waals surface area contributed by atoms with Gasteiger partial charge in [-0.1, -0.05) is 83.8 Å². The van der Waals surface area contributed by atoms with Gasteiger partial charge in [0.25, 0.3) is 0 Å². The van der Waals surface area contributed by atoms with Crippen LogP contribution in [0.4, 0.5) is 0 Å². The zero-order valence-electron chi connectivity index (χ0n) is 20.3. The summed E-state index contributed by atoms with van der Waals surface area (Å²) in [7, 11) is -4.72. The van der Waals surface area contributed by atoms with Crippen LogP contribution in [0.15, 0.2) is 12.2 Å². The van der Waals surface area contributed by atoms with Crippen molar-refractivity contribution in [3.8, 4) is 0 Å². The van der Waals surface area contributed by atoms with E-state index in [0.717, 1.165) is 44.9 Å². The topological polar surface area (TPSA) is 99.1 Å². The fourth-order valence-electron chi connectivity index (χ4n) is 3.22. The van der Waals surface area contributed by atoms with Crippen molar-refractivity contribution in [2.24, 2.45) is 0 Å². The number of carbonyl (C=O) groups is 1. The standard InChI is InChI=1S/C24H46O7S/c1-3-5-7-8-9-10-11-12-13-14-15-16-17-18-19-23(31-32(26,27)28)24(25)30-22-21-29-20-6-4-2/h12-13,23H,3-11,14-22H2,1-2H3,(H,26,27,28). The molecule has 0 aromatic rings. The van der Waals surface area contributed by atoms with E-state index in [4.69, 9.17) is 14.0 Å². The molecule has 32 heavy (non-hydrogen) atoms. The van der Waals surface area contributed by atoms with Crippen LogP contribution in [-0.4, -0.2) is 44.9 Å². The first-order valence-electron chi connectivity index (χ1n) is 12.5. The van der Waals surface area contributed by atoms with Gasteiger partial charge in [0, 0.05) is 6.61 Å². The van der Waals surface area contributed by atoms with Crippen LogP contribution in [0.3, 0.4) is 0 Å². The fourth-order valence-corrected chi connectivity index (χ4v) is 3.69. The zero-order chi connectivity index (χ0) is 23.9. The van der Waals surface area contributed by atoms with Crippen LogP contribution in [0.1, 0.15) is 110 Å². The van der Waals surface area contributed by atoms with Crippen molar-refractivity contribution < 1.29 is 31.4 Å². The van der Waals surface area contributed by atoms with Crippen LogP contribution in [-0.2, 0) is 28.9 Å². The Bertz CT molecular complexity index is 561. The number of ether oxygens (including phenoxy) is 2. The maximum Gasteiger partial charge on any atom is 0.398 e. The summed E-state index contributed by atoms with van der Waals surface area (Å²) < 4.78 is 45.8. The van der Waals surface area contributed by atoms with E-state index in [2.05, 4.69) is 30.2 Å². The fraction of sp³-hybridized carbons (Fsp3) is 0.875. The quantitative estimate of drug-likeness (QED) is 0.0810. The molecule has 7 nitrogen and oxygen atoms in total. The maximum atomic E-state index is 12.1. The SMILES string of the molecule is CCCCCCCCC=CCCCCCCC(OS(=O)(=O)O)C(=O)OCCOCCCC. The average molecular weight is 479 g/mol. The van der Waals surface area contributed by atoms with Gasteiger partial charge in [0.1, 0.15) is 6.61 Å². The number of hydrogen-bond acceptors (Lipinski definition) is 6. The third kappa shape index (κ3) is 22.2. The molecule has 1 unspecified atom stereocenters. The Morgan fingerprint density at radius 3 is 1.94 bits per heavy atom. The predicted octanol–water partition coefficient (Wildman–Crippen LogP) is 6.18. The van der Waals surface area contributed by atoms with E-state index in [1.807, 2.05) is 0 Å². The van der Waals surface area contributed by atoms with E-state index in [0.29, 0.717) is 13.0 Å². The Hall–Kier alpha value is -0.960. The molecular formula is C24H46O7S. The van der Waals surface area contributed by atoms with E-state index in [9.17, 15) is 13.2 Å². The summed E-state index contributed by atoms with van der Waals surface area (Å²) >= 11 is 0. The highest BCUT2D eigenvalue weighted by Gasteiger charge is 2.26. The Morgan fingerprint density at radius 2 is 1.34 bits per heavy atom. The van der Waals surface area contributed by atoms with Crippen LogP contribution in [0, 0.1) is 0 Å². The molecule has 0 saturated carbocycles. The molecular weight excluding hydrogens is 432 g/mol. The highest BCUT2D eigenvalue weighted by atomic mass is 32.3. The normalized spacial score (nSPS) is 13.0. The second kappa shape index (κ2) is 21.9. The van der Waals surface area contributed by atoms with E-state index in [-0.39, 0.29) is 19.6 Å². The molecule has 0 saturated heterocycles. The number of carbonyl (C=O) groups excluding carboxylic acids is 1. The zero-order valence-corrected chi connectivity index (χ0v) is 21.1. The van der Waals surface area contributed by atoms with Gasteiger partial charge >= 0.3 is 16.4 Å². The monoisotopic (exact) mass is 478 g/mol. The van der Waals surface area contributed by atoms with Gasteiger partial charge < -0.3 is 9.47 Å². The van der Waals surface area contributed by atoms with Gasteiger partial charge in [0.05, 0.1) is 6.61 Å². The molecule has 0 fully saturated rings. The Labute approximate surface area is 196 Å². The van der Waals surface area contributed by atoms with E-state index in [1.165, 1.54) is 38.5 Å². The van der Waals surface area contributed by atoms with Gasteiger partial charge in [-0.05, 0) is 38.5 Å². The lowest BCUT2D eigenvalue weighted by Crippen LogP contribution is -2.30. The minimum absolute atomic E-state index is 0.0267. The summed E-state index contributed by atoms with van der Waals surface area (Å²) in [5.74, 6) is -0.792. The number of esters is 1. The maximum absolute atomic E-state index is 12.1. The summed E-state index contributed by atoms with van der Waals surface area (Å²) in [6, 6.07) is 0. The molecule has 8 heteroatoms. The first kappa shape index (κ1) is 31.0. The summed E-state index contributed by atoms with van der Waals surface area (Å²) in [4.78, 5) is 12.1. The lowest BCUT2D eigenvalue weighted by Gasteiger charge is -2.14. The highest BCUT2D eigenvalue weighted by molar-refractivity contribution is 7.80. The van der Waals surface area contributed by atoms with E-state index in [1.54, 1.807) is 0 Å². The number of hydrogen-bond donors (Lipinski definition) is 1. The summed E-state index contributed by atoms with van der Waals surface area (Å²) in [6.07, 6.45) is 18.9. The van der Waals surface area contributed by atoms with E-state index >= 15 is 0 Å². The summed E-state index contributed by atoms with van der Waals surface area (Å²) in [6.45, 7) is 5.15. The van der Waals surface area contributed by atoms with Crippen LogP contribution < -0.4 is 0 Å². The minimum Gasteiger partial charge on any atom is -0.461 e. The number of rotatable bonds is 23. The van der Waals surface area contributed by atoms with Crippen molar-refractivity contribution in [2.75, 3.05) is 19.8 Å². The number of unbranched alkanes of at least 4 members (excludes halogenated alkanes) is 11. The summed E-state index contributed by atoms with van der Waals surface area (Å²) in [5.41, 5.74) is 0. The minimum atomic E-state index is -4.72. The predicted molar refractivity (Wildman–Crippen MR) is 128 cm³/mol. The Balaban J connectivity index is 3.90. The molecule has 0 heterocycles.